The first kappa shape index (κ1) is 20.4. The van der Waals surface area contributed by atoms with E-state index in [1.54, 1.807) is 6.07 Å². The summed E-state index contributed by atoms with van der Waals surface area (Å²) in [5.41, 5.74) is 0.234. The molecule has 0 saturated carbocycles. The van der Waals surface area contributed by atoms with Crippen LogP contribution in [0.15, 0.2) is 12.1 Å². The predicted molar refractivity (Wildman–Crippen MR) is 111 cm³/mol. The van der Waals surface area contributed by atoms with E-state index in [0.717, 1.165) is 5.56 Å². The van der Waals surface area contributed by atoms with Gasteiger partial charge >= 0.3 is 0 Å². The third kappa shape index (κ3) is 2.61. The summed E-state index contributed by atoms with van der Waals surface area (Å²) in [5.74, 6) is -1.75. The molecule has 3 amide bonds. The molecule has 3 aliphatic heterocycles. The fraction of sp³-hybridized carbons (Fsp3) is 0.591. The molecule has 29 heavy (non-hydrogen) atoms. The van der Waals surface area contributed by atoms with Crippen molar-refractivity contribution >= 4 is 35.0 Å². The van der Waals surface area contributed by atoms with Crippen molar-refractivity contribution in [3.8, 4) is 0 Å². The zero-order valence-corrected chi connectivity index (χ0v) is 18.5. The average molecular weight is 418 g/mol. The summed E-state index contributed by atoms with van der Waals surface area (Å²) in [4.78, 5) is 41.8. The van der Waals surface area contributed by atoms with E-state index in [2.05, 4.69) is 24.5 Å². The number of fused-ring (bicyclic) bond motifs is 4. The first-order valence-corrected chi connectivity index (χ1v) is 10.6. The molecule has 0 aromatic heterocycles. The molecule has 4 unspecified atom stereocenters. The zero-order chi connectivity index (χ0) is 21.5. The molecule has 4 rings (SSSR count). The lowest BCUT2D eigenvalue weighted by Crippen LogP contribution is -2.55. The molecule has 0 radical (unpaired) electrons. The second kappa shape index (κ2) is 6.29. The van der Waals surface area contributed by atoms with Gasteiger partial charge in [-0.2, -0.15) is 0 Å². The smallest absolute Gasteiger partial charge is 0.250 e. The molecule has 6 nitrogen and oxygen atoms in total. The SMILES string of the molecule is Cc1c(Cl)ccc2c1NC(=O)C21NC(CC(C)C)C2C(=O)N(C(C)(C)C)C(=O)C21. The Kier molecular flexibility index (Phi) is 4.41. The lowest BCUT2D eigenvalue weighted by molar-refractivity contribution is -0.147. The van der Waals surface area contributed by atoms with Gasteiger partial charge in [-0.05, 0) is 51.7 Å². The summed E-state index contributed by atoms with van der Waals surface area (Å²) in [7, 11) is 0. The highest BCUT2D eigenvalue weighted by Gasteiger charge is 2.71. The van der Waals surface area contributed by atoms with Crippen LogP contribution >= 0.6 is 11.6 Å². The van der Waals surface area contributed by atoms with Gasteiger partial charge < -0.3 is 5.32 Å². The van der Waals surface area contributed by atoms with Crippen LogP contribution in [0.4, 0.5) is 5.69 Å². The van der Waals surface area contributed by atoms with Crippen LogP contribution in [0.5, 0.6) is 0 Å². The molecule has 0 bridgehead atoms. The van der Waals surface area contributed by atoms with Gasteiger partial charge in [-0.1, -0.05) is 31.5 Å². The molecular formula is C22H28ClN3O3. The fourth-order valence-electron chi connectivity index (χ4n) is 5.36. The molecule has 0 aliphatic carbocycles. The van der Waals surface area contributed by atoms with E-state index in [1.807, 2.05) is 33.8 Å². The van der Waals surface area contributed by atoms with Gasteiger partial charge in [0.2, 0.25) is 17.7 Å². The molecule has 2 saturated heterocycles. The number of nitrogens with one attached hydrogen (secondary N) is 2. The van der Waals surface area contributed by atoms with Crippen LogP contribution in [0.1, 0.15) is 52.2 Å². The van der Waals surface area contributed by atoms with E-state index >= 15 is 0 Å². The van der Waals surface area contributed by atoms with E-state index in [9.17, 15) is 14.4 Å². The highest BCUT2D eigenvalue weighted by Crippen LogP contribution is 2.55. The summed E-state index contributed by atoms with van der Waals surface area (Å²) < 4.78 is 0. The molecule has 4 atom stereocenters. The molecule has 3 aliphatic rings. The first-order chi connectivity index (χ1) is 13.4. The number of carbonyl (C=O) groups is 3. The van der Waals surface area contributed by atoms with E-state index in [1.165, 1.54) is 4.90 Å². The number of halogens is 1. The van der Waals surface area contributed by atoms with Gasteiger partial charge in [-0.3, -0.25) is 24.6 Å². The third-order valence-electron chi connectivity index (χ3n) is 6.48. The van der Waals surface area contributed by atoms with Crippen molar-refractivity contribution < 1.29 is 14.4 Å². The summed E-state index contributed by atoms with van der Waals surface area (Å²) in [6.45, 7) is 11.6. The minimum absolute atomic E-state index is 0.186. The molecule has 1 spiro atoms. The lowest BCUT2D eigenvalue weighted by atomic mass is 9.76. The van der Waals surface area contributed by atoms with Crippen molar-refractivity contribution in [3.63, 3.8) is 0 Å². The number of imide groups is 1. The summed E-state index contributed by atoms with van der Waals surface area (Å²) >= 11 is 6.28. The van der Waals surface area contributed by atoms with Crippen molar-refractivity contribution in [1.29, 1.82) is 0 Å². The van der Waals surface area contributed by atoms with Gasteiger partial charge in [0.15, 0.2) is 0 Å². The molecule has 3 heterocycles. The van der Waals surface area contributed by atoms with E-state index in [0.29, 0.717) is 28.6 Å². The number of likely N-dealkylation sites (tertiary alicyclic amines) is 1. The highest BCUT2D eigenvalue weighted by atomic mass is 35.5. The molecular weight excluding hydrogens is 390 g/mol. The molecule has 1 aromatic rings. The molecule has 7 heteroatoms. The summed E-state index contributed by atoms with van der Waals surface area (Å²) in [6, 6.07) is 3.31. The van der Waals surface area contributed by atoms with Crippen LogP contribution in [0, 0.1) is 24.7 Å². The zero-order valence-electron chi connectivity index (χ0n) is 17.7. The van der Waals surface area contributed by atoms with Crippen LogP contribution < -0.4 is 10.6 Å². The Morgan fingerprint density at radius 1 is 1.17 bits per heavy atom. The number of hydrogen-bond donors (Lipinski definition) is 2. The minimum Gasteiger partial charge on any atom is -0.324 e. The second-order valence-corrected chi connectivity index (χ2v) is 10.3. The van der Waals surface area contributed by atoms with Crippen molar-refractivity contribution in [2.75, 3.05) is 5.32 Å². The number of carbonyl (C=O) groups excluding carboxylic acids is 3. The van der Waals surface area contributed by atoms with Crippen LogP contribution in [0.3, 0.4) is 0 Å². The van der Waals surface area contributed by atoms with Crippen LogP contribution in [0.25, 0.3) is 0 Å². The Balaban J connectivity index is 1.92. The Morgan fingerprint density at radius 3 is 2.41 bits per heavy atom. The standard InChI is InChI=1S/C22H28ClN3O3/c1-10(2)9-14-15-16(19(28)26(18(15)27)21(4,5)6)22(25-14)12-7-8-13(23)11(3)17(12)24-20(22)29/h7-8,10,14-16,25H,9H2,1-6H3,(H,24,29). The third-order valence-corrected chi connectivity index (χ3v) is 6.89. The van der Waals surface area contributed by atoms with Gasteiger partial charge in [0.25, 0.3) is 0 Å². The van der Waals surface area contributed by atoms with Crippen molar-refractivity contribution in [1.82, 2.24) is 10.2 Å². The van der Waals surface area contributed by atoms with Gasteiger partial charge in [0, 0.05) is 22.2 Å². The summed E-state index contributed by atoms with van der Waals surface area (Å²) in [6.07, 6.45) is 0.703. The number of hydrogen-bond acceptors (Lipinski definition) is 4. The Labute approximate surface area is 176 Å². The highest BCUT2D eigenvalue weighted by molar-refractivity contribution is 6.32. The maximum atomic E-state index is 13.6. The number of amides is 3. The Bertz CT molecular complexity index is 936. The Morgan fingerprint density at radius 2 is 1.83 bits per heavy atom. The monoisotopic (exact) mass is 417 g/mol. The fourth-order valence-corrected chi connectivity index (χ4v) is 5.52. The largest absolute Gasteiger partial charge is 0.324 e. The van der Waals surface area contributed by atoms with Crippen molar-refractivity contribution in [2.45, 2.75) is 65.1 Å². The number of rotatable bonds is 2. The maximum Gasteiger partial charge on any atom is 0.250 e. The Hall–Kier alpha value is -1.92. The normalized spacial score (nSPS) is 31.1. The predicted octanol–water partition coefficient (Wildman–Crippen LogP) is 3.21. The van der Waals surface area contributed by atoms with Crippen LogP contribution in [-0.4, -0.2) is 34.2 Å². The molecule has 1 aromatic carbocycles. The average Bonchev–Trinajstić information content (AvgIpc) is 3.16. The summed E-state index contributed by atoms with van der Waals surface area (Å²) in [5, 5.41) is 6.96. The van der Waals surface area contributed by atoms with E-state index < -0.39 is 22.9 Å². The first-order valence-electron chi connectivity index (χ1n) is 10.2. The molecule has 156 valence electrons. The van der Waals surface area contributed by atoms with Gasteiger partial charge in [-0.15, -0.1) is 0 Å². The molecule has 2 N–H and O–H groups in total. The number of benzene rings is 1. The maximum absolute atomic E-state index is 13.6. The van der Waals surface area contributed by atoms with Gasteiger partial charge in [0.05, 0.1) is 17.5 Å². The van der Waals surface area contributed by atoms with Gasteiger partial charge in [0.1, 0.15) is 5.54 Å². The van der Waals surface area contributed by atoms with Crippen molar-refractivity contribution in [3.05, 3.63) is 28.3 Å². The van der Waals surface area contributed by atoms with Crippen LogP contribution in [-0.2, 0) is 19.9 Å². The topological polar surface area (TPSA) is 78.5 Å². The van der Waals surface area contributed by atoms with E-state index in [4.69, 9.17) is 11.6 Å². The number of nitrogens with zero attached hydrogens (tertiary/aromatic N) is 1. The molecule has 2 fully saturated rings. The number of anilines is 1. The minimum atomic E-state index is -1.25. The van der Waals surface area contributed by atoms with Crippen molar-refractivity contribution in [2.24, 2.45) is 17.8 Å². The lowest BCUT2D eigenvalue weighted by Gasteiger charge is -2.34. The van der Waals surface area contributed by atoms with Crippen LogP contribution in [0.2, 0.25) is 5.02 Å². The second-order valence-electron chi connectivity index (χ2n) is 9.92. The van der Waals surface area contributed by atoms with Gasteiger partial charge in [-0.25, -0.2) is 0 Å². The van der Waals surface area contributed by atoms with E-state index in [-0.39, 0.29) is 23.8 Å². The quantitative estimate of drug-likeness (QED) is 0.724.